The van der Waals surface area contributed by atoms with Crippen molar-refractivity contribution in [3.63, 3.8) is 0 Å². The number of hydrogen-bond donors (Lipinski definition) is 2. The second-order valence-electron chi connectivity index (χ2n) is 5.51. The Hall–Kier alpha value is -1.97. The lowest BCUT2D eigenvalue weighted by Gasteiger charge is -2.09. The number of carbonyl (C=O) groups is 1. The van der Waals surface area contributed by atoms with Crippen molar-refractivity contribution in [2.75, 3.05) is 11.9 Å². The maximum atomic E-state index is 12.0. The summed E-state index contributed by atoms with van der Waals surface area (Å²) in [6, 6.07) is 5.98. The summed E-state index contributed by atoms with van der Waals surface area (Å²) in [6.07, 6.45) is 0.871. The van der Waals surface area contributed by atoms with Crippen molar-refractivity contribution in [1.82, 2.24) is 9.29 Å². The zero-order chi connectivity index (χ0) is 18.4. The molecular weight excluding hydrogens is 362 g/mol. The molecule has 0 aliphatic heterocycles. The fourth-order valence-electron chi connectivity index (χ4n) is 2.15. The normalized spacial score (nSPS) is 11.4. The lowest BCUT2D eigenvalue weighted by atomic mass is 10.3. The monoisotopic (exact) mass is 383 g/mol. The molecule has 1 aromatic carbocycles. The first-order valence-electron chi connectivity index (χ1n) is 7.88. The maximum absolute atomic E-state index is 12.0. The van der Waals surface area contributed by atoms with E-state index in [2.05, 4.69) is 10.0 Å². The van der Waals surface area contributed by atoms with Gasteiger partial charge in [-0.15, -0.1) is 0 Å². The van der Waals surface area contributed by atoms with E-state index in [1.165, 1.54) is 12.1 Å². The van der Waals surface area contributed by atoms with Crippen LogP contribution in [0.2, 0.25) is 0 Å². The minimum absolute atomic E-state index is 0.0839. The highest BCUT2D eigenvalue weighted by Gasteiger charge is 2.13. The van der Waals surface area contributed by atoms with Crippen LogP contribution in [0.4, 0.5) is 5.69 Å². The summed E-state index contributed by atoms with van der Waals surface area (Å²) < 4.78 is 28.0. The number of anilines is 1. The first kappa shape index (κ1) is 19.4. The van der Waals surface area contributed by atoms with Crippen LogP contribution in [0.1, 0.15) is 25.5 Å². The highest BCUT2D eigenvalue weighted by molar-refractivity contribution is 7.89. The summed E-state index contributed by atoms with van der Waals surface area (Å²) in [5.74, 6) is -0.239. The summed E-state index contributed by atoms with van der Waals surface area (Å²) >= 11 is 1.11. The summed E-state index contributed by atoms with van der Waals surface area (Å²) in [7, 11) is -3.52. The van der Waals surface area contributed by atoms with Gasteiger partial charge in [0.2, 0.25) is 15.9 Å². The Morgan fingerprint density at radius 2 is 1.92 bits per heavy atom. The standard InChI is InChI=1S/C16H21N3O4S2/c1-3-9-17-25(22,23)14-6-4-13(5-7-14)18-15(20)8-10-19-12(2)11-24-16(19)21/h4-7,11,17H,3,8-10H2,1-2H3,(H,18,20). The molecule has 2 aromatic rings. The molecule has 0 saturated heterocycles. The molecule has 0 spiro atoms. The van der Waals surface area contributed by atoms with Crippen LogP contribution in [0.15, 0.2) is 39.3 Å². The van der Waals surface area contributed by atoms with E-state index in [1.54, 1.807) is 22.1 Å². The Morgan fingerprint density at radius 3 is 2.48 bits per heavy atom. The van der Waals surface area contributed by atoms with Gasteiger partial charge in [0.05, 0.1) is 4.90 Å². The molecule has 1 amide bonds. The van der Waals surface area contributed by atoms with E-state index in [0.717, 1.165) is 17.0 Å². The zero-order valence-corrected chi connectivity index (χ0v) is 15.7. The predicted octanol–water partition coefficient (Wildman–Crippen LogP) is 1.94. The number of sulfonamides is 1. The Kier molecular flexibility index (Phi) is 6.51. The average Bonchev–Trinajstić information content (AvgIpc) is 2.90. The SMILES string of the molecule is CCCNS(=O)(=O)c1ccc(NC(=O)CCn2c(C)csc2=O)cc1. The van der Waals surface area contributed by atoms with E-state index in [-0.39, 0.29) is 22.1 Å². The fourth-order valence-corrected chi connectivity index (χ4v) is 4.04. The van der Waals surface area contributed by atoms with Crippen molar-refractivity contribution in [3.8, 4) is 0 Å². The molecule has 1 aromatic heterocycles. The Labute approximate surface area is 150 Å². The highest BCUT2D eigenvalue weighted by atomic mass is 32.2. The van der Waals surface area contributed by atoms with Gasteiger partial charge in [0.15, 0.2) is 0 Å². The minimum Gasteiger partial charge on any atom is -0.326 e. The number of aromatic nitrogens is 1. The number of rotatable bonds is 8. The van der Waals surface area contributed by atoms with E-state index in [0.29, 0.717) is 25.2 Å². The molecule has 1 heterocycles. The first-order valence-corrected chi connectivity index (χ1v) is 10.2. The molecule has 0 saturated carbocycles. The number of carbonyl (C=O) groups excluding carboxylic acids is 1. The van der Waals surface area contributed by atoms with Crippen molar-refractivity contribution in [2.24, 2.45) is 0 Å². The molecular formula is C16H21N3O4S2. The quantitative estimate of drug-likeness (QED) is 0.728. The second-order valence-corrected chi connectivity index (χ2v) is 8.10. The Balaban J connectivity index is 1.94. The van der Waals surface area contributed by atoms with Gasteiger partial charge in [-0.25, -0.2) is 13.1 Å². The van der Waals surface area contributed by atoms with Crippen LogP contribution in [0.3, 0.4) is 0 Å². The summed E-state index contributed by atoms with van der Waals surface area (Å²) in [5.41, 5.74) is 1.34. The Morgan fingerprint density at radius 1 is 1.24 bits per heavy atom. The minimum atomic E-state index is -3.52. The summed E-state index contributed by atoms with van der Waals surface area (Å²) in [5, 5.41) is 4.45. The lowest BCUT2D eigenvalue weighted by Crippen LogP contribution is -2.24. The third kappa shape index (κ3) is 5.25. The zero-order valence-electron chi connectivity index (χ0n) is 14.1. The molecule has 0 atom stereocenters. The Bertz CT molecular complexity index is 883. The van der Waals surface area contributed by atoms with Crippen molar-refractivity contribution in [2.45, 2.75) is 38.1 Å². The van der Waals surface area contributed by atoms with Crippen molar-refractivity contribution in [1.29, 1.82) is 0 Å². The molecule has 136 valence electrons. The van der Waals surface area contributed by atoms with E-state index >= 15 is 0 Å². The number of aryl methyl sites for hydroxylation is 1. The van der Waals surface area contributed by atoms with Crippen LogP contribution < -0.4 is 14.9 Å². The van der Waals surface area contributed by atoms with Gasteiger partial charge in [0.25, 0.3) is 0 Å². The van der Waals surface area contributed by atoms with Crippen LogP contribution in [-0.2, 0) is 21.4 Å². The molecule has 9 heteroatoms. The smallest absolute Gasteiger partial charge is 0.307 e. The molecule has 0 aliphatic carbocycles. The number of hydrogen-bond acceptors (Lipinski definition) is 5. The maximum Gasteiger partial charge on any atom is 0.307 e. The van der Waals surface area contributed by atoms with E-state index in [9.17, 15) is 18.0 Å². The van der Waals surface area contributed by atoms with Crippen molar-refractivity contribution >= 4 is 33.0 Å². The van der Waals surface area contributed by atoms with Gasteiger partial charge in [-0.3, -0.25) is 9.59 Å². The van der Waals surface area contributed by atoms with E-state index in [1.807, 2.05) is 13.8 Å². The average molecular weight is 383 g/mol. The molecule has 7 nitrogen and oxygen atoms in total. The van der Waals surface area contributed by atoms with Crippen LogP contribution in [0.25, 0.3) is 0 Å². The number of thiazole rings is 1. The van der Waals surface area contributed by atoms with Crippen molar-refractivity contribution < 1.29 is 13.2 Å². The lowest BCUT2D eigenvalue weighted by molar-refractivity contribution is -0.116. The first-order chi connectivity index (χ1) is 11.8. The summed E-state index contributed by atoms with van der Waals surface area (Å²) in [6.45, 7) is 4.39. The topological polar surface area (TPSA) is 97.3 Å². The van der Waals surface area contributed by atoms with Crippen LogP contribution >= 0.6 is 11.3 Å². The molecule has 0 aliphatic rings. The largest absolute Gasteiger partial charge is 0.326 e. The molecule has 0 bridgehead atoms. The third-order valence-electron chi connectivity index (χ3n) is 3.53. The van der Waals surface area contributed by atoms with E-state index in [4.69, 9.17) is 0 Å². The molecule has 25 heavy (non-hydrogen) atoms. The van der Waals surface area contributed by atoms with Crippen molar-refractivity contribution in [3.05, 3.63) is 45.0 Å². The molecule has 2 rings (SSSR count). The molecule has 0 radical (unpaired) electrons. The number of benzene rings is 1. The van der Waals surface area contributed by atoms with Gasteiger partial charge in [-0.05, 0) is 37.6 Å². The van der Waals surface area contributed by atoms with Gasteiger partial charge in [0.1, 0.15) is 0 Å². The van der Waals surface area contributed by atoms with Crippen LogP contribution in [0.5, 0.6) is 0 Å². The summed E-state index contributed by atoms with van der Waals surface area (Å²) in [4.78, 5) is 23.7. The molecule has 2 N–H and O–H groups in total. The molecule has 0 fully saturated rings. The number of nitrogens with one attached hydrogen (secondary N) is 2. The van der Waals surface area contributed by atoms with Gasteiger partial charge in [0, 0.05) is 36.3 Å². The highest BCUT2D eigenvalue weighted by Crippen LogP contribution is 2.14. The van der Waals surface area contributed by atoms with Gasteiger partial charge < -0.3 is 9.88 Å². The predicted molar refractivity (Wildman–Crippen MR) is 98.5 cm³/mol. The van der Waals surface area contributed by atoms with Gasteiger partial charge in [-0.2, -0.15) is 0 Å². The molecule has 0 unspecified atom stereocenters. The van der Waals surface area contributed by atoms with Crippen LogP contribution in [0, 0.1) is 6.92 Å². The second kappa shape index (κ2) is 8.41. The number of nitrogens with zero attached hydrogens (tertiary/aromatic N) is 1. The van der Waals surface area contributed by atoms with E-state index < -0.39 is 10.0 Å². The number of amides is 1. The fraction of sp³-hybridized carbons (Fsp3) is 0.375. The van der Waals surface area contributed by atoms with Gasteiger partial charge in [-0.1, -0.05) is 18.3 Å². The van der Waals surface area contributed by atoms with Gasteiger partial charge >= 0.3 is 4.87 Å². The third-order valence-corrected chi connectivity index (χ3v) is 5.89. The van der Waals surface area contributed by atoms with Crippen LogP contribution in [-0.4, -0.2) is 25.4 Å².